The molecule has 0 unspecified atom stereocenters. The maximum Gasteiger partial charge on any atom is 0.290 e. The van der Waals surface area contributed by atoms with E-state index in [4.69, 9.17) is 22.5 Å². The largest absolute Gasteiger partial charge is 0.483 e. The molecule has 0 amide bonds. The minimum absolute atomic E-state index is 0. The fraction of sp³-hybridized carbons (Fsp3) is 0. The van der Waals surface area contributed by atoms with Gasteiger partial charge in [-0.1, -0.05) is 0 Å². The zero-order valence-electron chi connectivity index (χ0n) is 5.01. The summed E-state index contributed by atoms with van der Waals surface area (Å²) in [5.74, 6) is 0. The number of rotatable bonds is 0. The summed E-state index contributed by atoms with van der Waals surface area (Å²) in [7, 11) is 0. The number of carboxylic acid groups (broad SMARTS) is 2. The van der Waals surface area contributed by atoms with Crippen LogP contribution in [0.5, 0.6) is 0 Å². The Hall–Kier alpha value is -0.541. The van der Waals surface area contributed by atoms with Crippen molar-refractivity contribution >= 4 is 12.9 Å². The monoisotopic (exact) mass is 157 g/mol. The van der Waals surface area contributed by atoms with E-state index in [2.05, 4.69) is 0 Å². The molecule has 0 aromatic rings. The fourth-order valence-electron chi connectivity index (χ4n) is 0. The molecule has 0 aliphatic heterocycles. The first-order valence-electron chi connectivity index (χ1n) is 1.86. The Bertz CT molecular complexity index is 74.6. The van der Waals surface area contributed by atoms with Crippen molar-refractivity contribution in [3.05, 3.63) is 0 Å². The van der Waals surface area contributed by atoms with E-state index in [1.54, 1.807) is 0 Å². The second-order valence-corrected chi connectivity index (χ2v) is 0.183. The molecule has 0 saturated heterocycles. The van der Waals surface area contributed by atoms with Gasteiger partial charge in [-0.3, -0.25) is 9.59 Å². The molecule has 0 atom stereocenters. The van der Waals surface area contributed by atoms with Crippen LogP contribution in [0.2, 0.25) is 0 Å². The molecule has 7 heavy (non-hydrogen) atoms. The molecule has 0 aliphatic carbocycles. The van der Waals surface area contributed by atoms with E-state index in [9.17, 15) is 0 Å². The summed E-state index contributed by atoms with van der Waals surface area (Å²) in [6.45, 7) is 0. The second-order valence-electron chi connectivity index (χ2n) is 0.183. The molecule has 0 aromatic heterocycles. The zero-order chi connectivity index (χ0) is 7.15. The maximum atomic E-state index is 8.67. The third kappa shape index (κ3) is 224. The standard InChI is InChI=1S/2CH2O2.Cu/c2*2-1-3;/h2*1H,(H,2,3);/i2*1D;. The van der Waals surface area contributed by atoms with Crippen molar-refractivity contribution < 1.29 is 39.6 Å². The van der Waals surface area contributed by atoms with E-state index >= 15 is 0 Å². The van der Waals surface area contributed by atoms with Crippen molar-refractivity contribution in [1.29, 1.82) is 0 Å². The fourth-order valence-corrected chi connectivity index (χ4v) is 0. The Balaban J connectivity index is -0.0000000720. The van der Waals surface area contributed by atoms with Crippen LogP contribution in [-0.4, -0.2) is 23.1 Å². The summed E-state index contributed by atoms with van der Waals surface area (Å²) in [5, 5.41) is 14.2. The molecule has 47 valence electrons. The summed E-state index contributed by atoms with van der Waals surface area (Å²) in [6.07, 6.45) is -3.17. The molecule has 5 heteroatoms. The molecular weight excluding hydrogens is 152 g/mol. The van der Waals surface area contributed by atoms with Crippen LogP contribution in [0.3, 0.4) is 0 Å². The first-order chi connectivity index (χ1) is 3.46. The van der Waals surface area contributed by atoms with E-state index in [0.29, 0.717) is 0 Å². The number of hydrogen-bond acceptors (Lipinski definition) is 2. The van der Waals surface area contributed by atoms with Gasteiger partial charge in [-0.05, 0) is 0 Å². The third-order valence-electron chi connectivity index (χ3n) is 0. The minimum Gasteiger partial charge on any atom is -0.483 e. The van der Waals surface area contributed by atoms with Gasteiger partial charge in [-0.15, -0.1) is 0 Å². The summed E-state index contributed by atoms with van der Waals surface area (Å²) >= 11 is 0. The van der Waals surface area contributed by atoms with Gasteiger partial charge in [0.2, 0.25) is 0 Å². The Labute approximate surface area is 53.4 Å². The van der Waals surface area contributed by atoms with Gasteiger partial charge in [0.15, 0.2) is 2.74 Å². The molecule has 0 saturated carbocycles. The van der Waals surface area contributed by atoms with Crippen molar-refractivity contribution in [2.45, 2.75) is 0 Å². The average molecular weight is 158 g/mol. The normalized spacial score (nSPS) is 7.43. The smallest absolute Gasteiger partial charge is 0.290 e. The first-order valence-corrected chi connectivity index (χ1v) is 0.855. The molecule has 0 spiro atoms. The van der Waals surface area contributed by atoms with Crippen molar-refractivity contribution in [1.82, 2.24) is 0 Å². The maximum absolute atomic E-state index is 8.67. The molecular formula is C2H4CuO4. The molecule has 0 rings (SSSR count). The van der Waals surface area contributed by atoms with Crippen LogP contribution in [0.25, 0.3) is 0 Å². The molecule has 0 fully saturated rings. The average Bonchev–Trinajstić information content (AvgIpc) is 1.25. The van der Waals surface area contributed by atoms with E-state index in [1.807, 2.05) is 0 Å². The van der Waals surface area contributed by atoms with Crippen molar-refractivity contribution in [3.8, 4) is 0 Å². The summed E-state index contributed by atoms with van der Waals surface area (Å²) in [4.78, 5) is 17.3. The van der Waals surface area contributed by atoms with Crippen LogP contribution < -0.4 is 0 Å². The topological polar surface area (TPSA) is 74.6 Å². The molecule has 0 aromatic carbocycles. The predicted molar refractivity (Wildman–Crippen MR) is 17.4 cm³/mol. The quantitative estimate of drug-likeness (QED) is 0.364. The van der Waals surface area contributed by atoms with Gasteiger partial charge in [0.25, 0.3) is 12.9 Å². The van der Waals surface area contributed by atoms with E-state index < -0.39 is 12.9 Å². The van der Waals surface area contributed by atoms with Gasteiger partial charge in [0.05, 0.1) is 0 Å². The SMILES string of the molecule is [2H]C(=O)O.[2H]C(=O)O.[Cu]. The Morgan fingerprint density at radius 2 is 1.29 bits per heavy atom. The van der Waals surface area contributed by atoms with E-state index in [1.165, 1.54) is 0 Å². The molecule has 2 N–H and O–H groups in total. The van der Waals surface area contributed by atoms with Crippen LogP contribution in [0.1, 0.15) is 2.74 Å². The summed E-state index contributed by atoms with van der Waals surface area (Å²) in [6, 6.07) is 0. The van der Waals surface area contributed by atoms with Gasteiger partial charge in [-0.2, -0.15) is 0 Å². The van der Waals surface area contributed by atoms with Gasteiger partial charge >= 0.3 is 0 Å². The Morgan fingerprint density at radius 1 is 1.29 bits per heavy atom. The van der Waals surface area contributed by atoms with Crippen molar-refractivity contribution in [2.75, 3.05) is 0 Å². The van der Waals surface area contributed by atoms with Crippen LogP contribution in [0.4, 0.5) is 0 Å². The minimum atomic E-state index is -1.58. The number of hydrogen-bond donors (Lipinski definition) is 2. The molecule has 0 bridgehead atoms. The second kappa shape index (κ2) is 51.0. The predicted octanol–water partition coefficient (Wildman–Crippen LogP) is -0.601. The molecule has 0 aliphatic rings. The van der Waals surface area contributed by atoms with Crippen LogP contribution in [-0.2, 0) is 26.7 Å². The van der Waals surface area contributed by atoms with Gasteiger partial charge in [0.1, 0.15) is 0 Å². The zero-order valence-corrected chi connectivity index (χ0v) is 3.95. The van der Waals surface area contributed by atoms with Gasteiger partial charge < -0.3 is 10.2 Å². The van der Waals surface area contributed by atoms with Gasteiger partial charge in [-0.25, -0.2) is 0 Å². The molecule has 0 heterocycles. The van der Waals surface area contributed by atoms with Crippen LogP contribution in [0, 0.1) is 0 Å². The van der Waals surface area contributed by atoms with Crippen molar-refractivity contribution in [3.63, 3.8) is 0 Å². The summed E-state index contributed by atoms with van der Waals surface area (Å²) < 4.78 is 11.0. The van der Waals surface area contributed by atoms with E-state index in [-0.39, 0.29) is 17.1 Å². The first kappa shape index (κ1) is 6.46. The van der Waals surface area contributed by atoms with Gasteiger partial charge in [0, 0.05) is 17.1 Å². The van der Waals surface area contributed by atoms with E-state index in [0.717, 1.165) is 0 Å². The van der Waals surface area contributed by atoms with Crippen LogP contribution >= 0.6 is 0 Å². The Kier molecular flexibility index (Phi) is 47.0. The third-order valence-corrected chi connectivity index (χ3v) is 0. The Morgan fingerprint density at radius 3 is 1.29 bits per heavy atom. The molecule has 4 nitrogen and oxygen atoms in total. The van der Waals surface area contributed by atoms with Crippen molar-refractivity contribution in [2.24, 2.45) is 0 Å². The van der Waals surface area contributed by atoms with Crippen LogP contribution in [0.15, 0.2) is 0 Å². The molecule has 1 radical (unpaired) electrons. The summed E-state index contributed by atoms with van der Waals surface area (Å²) in [5.41, 5.74) is 0. The number of carbonyl (C=O) groups is 2.